The third kappa shape index (κ3) is 2.56. The monoisotopic (exact) mass is 324 g/mol. The number of nitriles is 1. The Bertz CT molecular complexity index is 1120. The number of hydrogen-bond donors (Lipinski definition) is 0. The number of benzene rings is 2. The van der Waals surface area contributed by atoms with Gasteiger partial charge in [0, 0.05) is 17.3 Å². The third-order valence-corrected chi connectivity index (χ3v) is 4.59. The Morgan fingerprint density at radius 2 is 1.76 bits per heavy atom. The van der Waals surface area contributed by atoms with Gasteiger partial charge in [0.15, 0.2) is 5.65 Å². The lowest BCUT2D eigenvalue weighted by atomic mass is 10.0. The van der Waals surface area contributed by atoms with E-state index in [1.165, 1.54) is 11.1 Å². The van der Waals surface area contributed by atoms with Crippen molar-refractivity contribution >= 4 is 5.65 Å². The van der Waals surface area contributed by atoms with Gasteiger partial charge < -0.3 is 0 Å². The summed E-state index contributed by atoms with van der Waals surface area (Å²) >= 11 is 0. The summed E-state index contributed by atoms with van der Waals surface area (Å²) < 4.78 is 2.05. The Kier molecular flexibility index (Phi) is 3.55. The van der Waals surface area contributed by atoms with Crippen LogP contribution in [0.5, 0.6) is 0 Å². The topological polar surface area (TPSA) is 54.0 Å². The van der Waals surface area contributed by atoms with Crippen molar-refractivity contribution in [3.05, 3.63) is 77.7 Å². The summed E-state index contributed by atoms with van der Waals surface area (Å²) in [5, 5.41) is 8.97. The quantitative estimate of drug-likeness (QED) is 0.543. The van der Waals surface area contributed by atoms with Crippen molar-refractivity contribution in [3.63, 3.8) is 0 Å². The van der Waals surface area contributed by atoms with E-state index >= 15 is 0 Å². The summed E-state index contributed by atoms with van der Waals surface area (Å²) in [6.45, 7) is 4.22. The molecular formula is C21H16N4. The van der Waals surface area contributed by atoms with Crippen molar-refractivity contribution in [3.8, 4) is 28.6 Å². The average molecular weight is 324 g/mol. The number of aryl methyl sites for hydroxylation is 1. The Morgan fingerprint density at radius 1 is 0.960 bits per heavy atom. The van der Waals surface area contributed by atoms with Gasteiger partial charge in [-0.1, -0.05) is 30.3 Å². The molecule has 0 fully saturated rings. The Hall–Kier alpha value is -3.45. The van der Waals surface area contributed by atoms with Gasteiger partial charge in [-0.2, -0.15) is 5.26 Å². The molecule has 0 atom stereocenters. The van der Waals surface area contributed by atoms with Gasteiger partial charge in [0.2, 0.25) is 0 Å². The SMILES string of the molecule is Cc1cccc(-c2cn3c(-c4ccc(C#N)cc4)cnc3cn2)c1C. The number of aromatic nitrogens is 3. The van der Waals surface area contributed by atoms with E-state index in [1.54, 1.807) is 6.20 Å². The van der Waals surface area contributed by atoms with Gasteiger partial charge in [0.1, 0.15) is 0 Å². The van der Waals surface area contributed by atoms with Crippen LogP contribution in [0.4, 0.5) is 0 Å². The molecule has 2 heterocycles. The zero-order valence-electron chi connectivity index (χ0n) is 14.1. The van der Waals surface area contributed by atoms with Crippen LogP contribution in [-0.2, 0) is 0 Å². The number of imidazole rings is 1. The van der Waals surface area contributed by atoms with Crippen LogP contribution in [0, 0.1) is 25.2 Å². The first kappa shape index (κ1) is 15.1. The van der Waals surface area contributed by atoms with Crippen molar-refractivity contribution in [2.45, 2.75) is 13.8 Å². The van der Waals surface area contributed by atoms with E-state index in [0.29, 0.717) is 5.56 Å². The fourth-order valence-corrected chi connectivity index (χ4v) is 2.99. The molecule has 4 aromatic rings. The third-order valence-electron chi connectivity index (χ3n) is 4.59. The molecule has 4 heteroatoms. The highest BCUT2D eigenvalue weighted by atomic mass is 15.0. The smallest absolute Gasteiger partial charge is 0.155 e. The molecule has 25 heavy (non-hydrogen) atoms. The zero-order chi connectivity index (χ0) is 17.4. The second-order valence-corrected chi connectivity index (χ2v) is 6.08. The van der Waals surface area contributed by atoms with Crippen LogP contribution in [0.1, 0.15) is 16.7 Å². The van der Waals surface area contributed by atoms with Crippen LogP contribution < -0.4 is 0 Å². The maximum Gasteiger partial charge on any atom is 0.155 e. The first-order valence-corrected chi connectivity index (χ1v) is 8.07. The molecule has 0 aliphatic carbocycles. The molecule has 0 saturated carbocycles. The molecule has 120 valence electrons. The predicted molar refractivity (Wildman–Crippen MR) is 98.0 cm³/mol. The normalized spacial score (nSPS) is 10.8. The largest absolute Gasteiger partial charge is 0.296 e. The maximum atomic E-state index is 8.97. The molecule has 2 aromatic carbocycles. The minimum atomic E-state index is 0.648. The fraction of sp³-hybridized carbons (Fsp3) is 0.0952. The predicted octanol–water partition coefficient (Wildman–Crippen LogP) is 4.55. The lowest BCUT2D eigenvalue weighted by molar-refractivity contribution is 1.13. The molecular weight excluding hydrogens is 308 g/mol. The van der Waals surface area contributed by atoms with Gasteiger partial charge in [-0.15, -0.1) is 0 Å². The number of fused-ring (bicyclic) bond motifs is 1. The summed E-state index contributed by atoms with van der Waals surface area (Å²) in [5.74, 6) is 0. The molecule has 4 nitrogen and oxygen atoms in total. The number of hydrogen-bond acceptors (Lipinski definition) is 3. The minimum Gasteiger partial charge on any atom is -0.296 e. The van der Waals surface area contributed by atoms with Crippen LogP contribution in [0.25, 0.3) is 28.2 Å². The van der Waals surface area contributed by atoms with Gasteiger partial charge in [-0.05, 0) is 37.1 Å². The first-order valence-electron chi connectivity index (χ1n) is 8.07. The average Bonchev–Trinajstić information content (AvgIpc) is 3.07. The fourth-order valence-electron chi connectivity index (χ4n) is 2.99. The second kappa shape index (κ2) is 5.88. The van der Waals surface area contributed by atoms with Crippen LogP contribution in [0.15, 0.2) is 61.1 Å². The van der Waals surface area contributed by atoms with Crippen LogP contribution in [-0.4, -0.2) is 14.4 Å². The highest BCUT2D eigenvalue weighted by Crippen LogP contribution is 2.26. The molecule has 0 unspecified atom stereocenters. The van der Waals surface area contributed by atoms with E-state index in [4.69, 9.17) is 5.26 Å². The zero-order valence-corrected chi connectivity index (χ0v) is 14.1. The van der Waals surface area contributed by atoms with E-state index in [0.717, 1.165) is 28.2 Å². The van der Waals surface area contributed by atoms with Gasteiger partial charge in [-0.25, -0.2) is 4.98 Å². The molecule has 0 aliphatic rings. The Labute approximate surface area is 146 Å². The summed E-state index contributed by atoms with van der Waals surface area (Å²) in [6, 6.07) is 15.9. The molecule has 0 N–H and O–H groups in total. The molecule has 0 amide bonds. The summed E-state index contributed by atoms with van der Waals surface area (Å²) in [4.78, 5) is 9.03. The van der Waals surface area contributed by atoms with Crippen LogP contribution in [0.2, 0.25) is 0 Å². The molecule has 2 aromatic heterocycles. The number of nitrogens with zero attached hydrogens (tertiary/aromatic N) is 4. The molecule has 0 spiro atoms. The first-order chi connectivity index (χ1) is 12.2. The highest BCUT2D eigenvalue weighted by Gasteiger charge is 2.10. The summed E-state index contributed by atoms with van der Waals surface area (Å²) in [6.07, 6.45) is 5.66. The Morgan fingerprint density at radius 3 is 2.52 bits per heavy atom. The lowest BCUT2D eigenvalue weighted by Crippen LogP contribution is -1.95. The van der Waals surface area contributed by atoms with E-state index in [-0.39, 0.29) is 0 Å². The van der Waals surface area contributed by atoms with E-state index < -0.39 is 0 Å². The van der Waals surface area contributed by atoms with Gasteiger partial charge in [0.05, 0.1) is 35.4 Å². The van der Waals surface area contributed by atoms with Crippen molar-refractivity contribution in [2.75, 3.05) is 0 Å². The summed E-state index contributed by atoms with van der Waals surface area (Å²) in [7, 11) is 0. The maximum absolute atomic E-state index is 8.97. The minimum absolute atomic E-state index is 0.648. The van der Waals surface area contributed by atoms with Crippen LogP contribution >= 0.6 is 0 Å². The lowest BCUT2D eigenvalue weighted by Gasteiger charge is -2.09. The molecule has 0 saturated heterocycles. The highest BCUT2D eigenvalue weighted by molar-refractivity contribution is 5.69. The van der Waals surface area contributed by atoms with E-state index in [9.17, 15) is 0 Å². The van der Waals surface area contributed by atoms with Gasteiger partial charge in [0.25, 0.3) is 0 Å². The van der Waals surface area contributed by atoms with Gasteiger partial charge in [-0.3, -0.25) is 9.38 Å². The molecule has 4 rings (SSSR count). The molecule has 0 radical (unpaired) electrons. The summed E-state index contributed by atoms with van der Waals surface area (Å²) in [5.41, 5.74) is 7.97. The molecule has 0 bridgehead atoms. The van der Waals surface area contributed by atoms with Gasteiger partial charge >= 0.3 is 0 Å². The van der Waals surface area contributed by atoms with Crippen LogP contribution in [0.3, 0.4) is 0 Å². The van der Waals surface area contributed by atoms with E-state index in [1.807, 2.05) is 41.1 Å². The van der Waals surface area contributed by atoms with Crippen molar-refractivity contribution in [1.29, 1.82) is 5.26 Å². The number of rotatable bonds is 2. The Balaban J connectivity index is 1.88. The van der Waals surface area contributed by atoms with E-state index in [2.05, 4.69) is 48.1 Å². The van der Waals surface area contributed by atoms with Crippen molar-refractivity contribution in [2.24, 2.45) is 0 Å². The van der Waals surface area contributed by atoms with Crippen molar-refractivity contribution < 1.29 is 0 Å². The standard InChI is InChI=1S/C21H16N4/c1-14-4-3-5-18(15(14)2)19-13-25-20(11-24-21(25)12-23-19)17-8-6-16(10-22)7-9-17/h3-9,11-13H,1-2H3. The second-order valence-electron chi connectivity index (χ2n) is 6.08. The van der Waals surface area contributed by atoms with Crippen molar-refractivity contribution in [1.82, 2.24) is 14.4 Å². The molecule has 0 aliphatic heterocycles.